The fraction of sp³-hybridized carbons (Fsp3) is 0.533. The summed E-state index contributed by atoms with van der Waals surface area (Å²) in [5.74, 6) is 0.950. The summed E-state index contributed by atoms with van der Waals surface area (Å²) in [7, 11) is 0. The first-order valence-electron chi connectivity index (χ1n) is 7.06. The van der Waals surface area contributed by atoms with Crippen LogP contribution in [0.2, 0.25) is 0 Å². The van der Waals surface area contributed by atoms with Crippen molar-refractivity contribution >= 4 is 23.4 Å². The number of aliphatic hydroxyl groups is 1. The predicted molar refractivity (Wildman–Crippen MR) is 81.0 cm³/mol. The minimum atomic E-state index is -4.20. The molecule has 0 bridgehead atoms. The molecule has 0 aromatic heterocycles. The minimum absolute atomic E-state index is 0.131. The van der Waals surface area contributed by atoms with Crippen LogP contribution in [0, 0.1) is 0 Å². The Morgan fingerprint density at radius 1 is 1.32 bits per heavy atom. The molecular weight excluding hydrogens is 315 g/mol. The van der Waals surface area contributed by atoms with Gasteiger partial charge in [-0.25, -0.2) is 0 Å². The SMILES string of the molecule is O=C(Nc1cccc(CCC(F)(F)F)c1)C1(O)CCSCC1. The third-order valence-electron chi connectivity index (χ3n) is 3.62. The zero-order valence-corrected chi connectivity index (χ0v) is 12.8. The van der Waals surface area contributed by atoms with Crippen molar-refractivity contribution in [3.8, 4) is 0 Å². The van der Waals surface area contributed by atoms with E-state index in [9.17, 15) is 23.1 Å². The van der Waals surface area contributed by atoms with Gasteiger partial charge in [0.1, 0.15) is 5.60 Å². The summed E-state index contributed by atoms with van der Waals surface area (Å²) in [5.41, 5.74) is -0.467. The maximum Gasteiger partial charge on any atom is 0.389 e. The van der Waals surface area contributed by atoms with Gasteiger partial charge in [-0.2, -0.15) is 24.9 Å². The maximum atomic E-state index is 12.2. The second-order valence-electron chi connectivity index (χ2n) is 5.41. The van der Waals surface area contributed by atoms with Gasteiger partial charge in [0, 0.05) is 12.1 Å². The van der Waals surface area contributed by atoms with Gasteiger partial charge in [0.15, 0.2) is 0 Å². The highest BCUT2D eigenvalue weighted by Gasteiger charge is 2.37. The molecule has 1 saturated heterocycles. The van der Waals surface area contributed by atoms with Gasteiger partial charge < -0.3 is 10.4 Å². The van der Waals surface area contributed by atoms with Gasteiger partial charge >= 0.3 is 6.18 Å². The molecule has 2 rings (SSSR count). The number of aryl methyl sites for hydroxylation is 1. The third kappa shape index (κ3) is 4.91. The third-order valence-corrected chi connectivity index (χ3v) is 4.61. The molecule has 7 heteroatoms. The number of anilines is 1. The number of amides is 1. The van der Waals surface area contributed by atoms with Crippen LogP contribution in [0.15, 0.2) is 24.3 Å². The summed E-state index contributed by atoms with van der Waals surface area (Å²) >= 11 is 1.69. The molecule has 1 aromatic carbocycles. The summed E-state index contributed by atoms with van der Waals surface area (Å²) < 4.78 is 36.7. The molecular formula is C15H18F3NO2S. The van der Waals surface area contributed by atoms with Crippen LogP contribution < -0.4 is 5.32 Å². The first-order chi connectivity index (χ1) is 10.3. The first kappa shape index (κ1) is 17.1. The van der Waals surface area contributed by atoms with Crippen molar-refractivity contribution in [1.29, 1.82) is 0 Å². The van der Waals surface area contributed by atoms with E-state index in [-0.39, 0.29) is 6.42 Å². The van der Waals surface area contributed by atoms with Crippen LogP contribution in [0.1, 0.15) is 24.8 Å². The number of thioether (sulfide) groups is 1. The van der Waals surface area contributed by atoms with Crippen LogP contribution in [0.3, 0.4) is 0 Å². The molecule has 0 saturated carbocycles. The zero-order chi connectivity index (χ0) is 16.2. The number of carbonyl (C=O) groups excluding carboxylic acids is 1. The van der Waals surface area contributed by atoms with Crippen LogP contribution in [-0.4, -0.2) is 34.3 Å². The highest BCUT2D eigenvalue weighted by molar-refractivity contribution is 7.99. The molecule has 1 aliphatic heterocycles. The van der Waals surface area contributed by atoms with E-state index in [0.29, 0.717) is 24.1 Å². The lowest BCUT2D eigenvalue weighted by molar-refractivity contribution is -0.135. The summed E-state index contributed by atoms with van der Waals surface area (Å²) in [4.78, 5) is 12.2. The molecule has 1 aliphatic rings. The zero-order valence-electron chi connectivity index (χ0n) is 11.9. The lowest BCUT2D eigenvalue weighted by Gasteiger charge is -2.30. The quantitative estimate of drug-likeness (QED) is 0.888. The molecule has 1 fully saturated rings. The van der Waals surface area contributed by atoms with Crippen LogP contribution in [0.4, 0.5) is 18.9 Å². The lowest BCUT2D eigenvalue weighted by Crippen LogP contribution is -2.45. The topological polar surface area (TPSA) is 49.3 Å². The number of nitrogens with one attached hydrogen (secondary N) is 1. The fourth-order valence-corrected chi connectivity index (χ4v) is 3.44. The largest absolute Gasteiger partial charge is 0.389 e. The van der Waals surface area contributed by atoms with E-state index in [1.54, 1.807) is 30.0 Å². The minimum Gasteiger partial charge on any atom is -0.380 e. The van der Waals surface area contributed by atoms with Crippen molar-refractivity contribution in [2.75, 3.05) is 16.8 Å². The molecule has 1 heterocycles. The second-order valence-corrected chi connectivity index (χ2v) is 6.64. The number of hydrogen-bond acceptors (Lipinski definition) is 3. The Kier molecular flexibility index (Phi) is 5.39. The summed E-state index contributed by atoms with van der Waals surface area (Å²) in [6, 6.07) is 6.32. The van der Waals surface area contributed by atoms with E-state index in [1.807, 2.05) is 0 Å². The normalized spacial score (nSPS) is 18.0. The predicted octanol–water partition coefficient (Wildman–Crippen LogP) is 3.38. The van der Waals surface area contributed by atoms with Crippen molar-refractivity contribution in [2.45, 2.75) is 37.5 Å². The van der Waals surface area contributed by atoms with Gasteiger partial charge in [-0.15, -0.1) is 0 Å². The molecule has 0 unspecified atom stereocenters. The molecule has 3 nitrogen and oxygen atoms in total. The van der Waals surface area contributed by atoms with Crippen molar-refractivity contribution in [3.05, 3.63) is 29.8 Å². The Labute approximate surface area is 131 Å². The highest BCUT2D eigenvalue weighted by atomic mass is 32.2. The Bertz CT molecular complexity index is 528. The monoisotopic (exact) mass is 333 g/mol. The standard InChI is InChI=1S/C15H18F3NO2S/c16-15(17,18)5-4-11-2-1-3-12(10-11)19-13(20)14(21)6-8-22-9-7-14/h1-3,10,21H,4-9H2,(H,19,20). The molecule has 2 N–H and O–H groups in total. The average Bonchev–Trinajstić information content (AvgIpc) is 2.46. The number of benzene rings is 1. The van der Waals surface area contributed by atoms with Crippen LogP contribution in [-0.2, 0) is 11.2 Å². The van der Waals surface area contributed by atoms with Crippen molar-refractivity contribution < 1.29 is 23.1 Å². The smallest absolute Gasteiger partial charge is 0.380 e. The van der Waals surface area contributed by atoms with E-state index in [0.717, 1.165) is 11.5 Å². The van der Waals surface area contributed by atoms with E-state index >= 15 is 0 Å². The number of carbonyl (C=O) groups is 1. The van der Waals surface area contributed by atoms with Gasteiger partial charge in [0.25, 0.3) is 5.91 Å². The molecule has 0 atom stereocenters. The van der Waals surface area contributed by atoms with E-state index < -0.39 is 24.1 Å². The molecule has 22 heavy (non-hydrogen) atoms. The Morgan fingerprint density at radius 2 is 2.00 bits per heavy atom. The van der Waals surface area contributed by atoms with Gasteiger partial charge in [-0.05, 0) is 48.5 Å². The molecule has 0 aliphatic carbocycles. The van der Waals surface area contributed by atoms with E-state index in [4.69, 9.17) is 0 Å². The number of halogens is 3. The lowest BCUT2D eigenvalue weighted by atomic mass is 9.95. The summed E-state index contributed by atoms with van der Waals surface area (Å²) in [6.45, 7) is 0. The first-order valence-corrected chi connectivity index (χ1v) is 8.21. The Hall–Kier alpha value is -1.21. The molecule has 1 aromatic rings. The maximum absolute atomic E-state index is 12.2. The van der Waals surface area contributed by atoms with Gasteiger partial charge in [0.05, 0.1) is 0 Å². The van der Waals surface area contributed by atoms with Gasteiger partial charge in [-0.1, -0.05) is 12.1 Å². The van der Waals surface area contributed by atoms with Crippen molar-refractivity contribution in [2.24, 2.45) is 0 Å². The van der Waals surface area contributed by atoms with Crippen LogP contribution in [0.25, 0.3) is 0 Å². The fourth-order valence-electron chi connectivity index (χ4n) is 2.27. The molecule has 122 valence electrons. The highest BCUT2D eigenvalue weighted by Crippen LogP contribution is 2.28. The summed E-state index contributed by atoms with van der Waals surface area (Å²) in [6.07, 6.45) is -4.46. The molecule has 0 spiro atoms. The Balaban J connectivity index is 1.99. The molecule has 0 radical (unpaired) electrons. The molecule has 1 amide bonds. The second kappa shape index (κ2) is 6.91. The van der Waals surface area contributed by atoms with Crippen LogP contribution >= 0.6 is 11.8 Å². The number of rotatable bonds is 4. The summed E-state index contributed by atoms with van der Waals surface area (Å²) in [5, 5.41) is 12.9. The number of hydrogen-bond donors (Lipinski definition) is 2. The van der Waals surface area contributed by atoms with Crippen molar-refractivity contribution in [3.63, 3.8) is 0 Å². The Morgan fingerprint density at radius 3 is 2.64 bits per heavy atom. The average molecular weight is 333 g/mol. The van der Waals surface area contributed by atoms with E-state index in [2.05, 4.69) is 5.32 Å². The van der Waals surface area contributed by atoms with Gasteiger partial charge in [0.2, 0.25) is 0 Å². The van der Waals surface area contributed by atoms with Crippen LogP contribution in [0.5, 0.6) is 0 Å². The van der Waals surface area contributed by atoms with E-state index in [1.165, 1.54) is 6.07 Å². The number of alkyl halides is 3. The van der Waals surface area contributed by atoms with Crippen molar-refractivity contribution in [1.82, 2.24) is 0 Å². The van der Waals surface area contributed by atoms with Gasteiger partial charge in [-0.3, -0.25) is 4.79 Å².